The Bertz CT molecular complexity index is 810. The molecule has 22 heavy (non-hydrogen) atoms. The maximum absolute atomic E-state index is 12.8. The molecule has 5 heteroatoms. The molecule has 0 spiro atoms. The van der Waals surface area contributed by atoms with Crippen molar-refractivity contribution in [1.82, 2.24) is 4.31 Å². The molecule has 0 aromatic heterocycles. The molecular formula is C17H16N2O2S. The highest BCUT2D eigenvalue weighted by molar-refractivity contribution is 7.89. The van der Waals surface area contributed by atoms with E-state index in [2.05, 4.69) is 0 Å². The van der Waals surface area contributed by atoms with Crippen LogP contribution in [0.3, 0.4) is 0 Å². The van der Waals surface area contributed by atoms with Gasteiger partial charge in [-0.15, -0.1) is 0 Å². The minimum absolute atomic E-state index is 0.103. The van der Waals surface area contributed by atoms with Gasteiger partial charge in [0.25, 0.3) is 0 Å². The van der Waals surface area contributed by atoms with Crippen molar-refractivity contribution < 1.29 is 8.42 Å². The highest BCUT2D eigenvalue weighted by atomic mass is 32.2. The largest absolute Gasteiger partial charge is 0.244 e. The fourth-order valence-corrected chi connectivity index (χ4v) is 4.51. The molecule has 0 radical (unpaired) electrons. The molecular weight excluding hydrogens is 296 g/mol. The lowest BCUT2D eigenvalue weighted by molar-refractivity contribution is 0.472. The van der Waals surface area contributed by atoms with Crippen LogP contribution in [-0.4, -0.2) is 25.8 Å². The highest BCUT2D eigenvalue weighted by Gasteiger charge is 2.34. The van der Waals surface area contributed by atoms with Crippen LogP contribution in [0, 0.1) is 11.3 Å². The lowest BCUT2D eigenvalue weighted by Crippen LogP contribution is -2.29. The van der Waals surface area contributed by atoms with Crippen molar-refractivity contribution in [2.24, 2.45) is 0 Å². The van der Waals surface area contributed by atoms with Gasteiger partial charge in [-0.2, -0.15) is 9.57 Å². The van der Waals surface area contributed by atoms with E-state index in [-0.39, 0.29) is 16.4 Å². The molecule has 1 aliphatic rings. The smallest absolute Gasteiger partial charge is 0.207 e. The Balaban J connectivity index is 1.88. The van der Waals surface area contributed by atoms with Crippen LogP contribution >= 0.6 is 0 Å². The van der Waals surface area contributed by atoms with Crippen LogP contribution in [0.4, 0.5) is 0 Å². The van der Waals surface area contributed by atoms with Gasteiger partial charge in [-0.25, -0.2) is 8.42 Å². The molecule has 1 unspecified atom stereocenters. The van der Waals surface area contributed by atoms with Gasteiger partial charge in [0.15, 0.2) is 0 Å². The Morgan fingerprint density at radius 1 is 1.05 bits per heavy atom. The molecule has 1 heterocycles. The Morgan fingerprint density at radius 2 is 1.73 bits per heavy atom. The van der Waals surface area contributed by atoms with Gasteiger partial charge in [-0.05, 0) is 30.0 Å². The summed E-state index contributed by atoms with van der Waals surface area (Å²) in [5, 5.41) is 9.12. The van der Waals surface area contributed by atoms with Crippen molar-refractivity contribution in [3.05, 3.63) is 65.7 Å². The summed E-state index contributed by atoms with van der Waals surface area (Å²) in [4.78, 5) is 0.103. The molecule has 2 aromatic carbocycles. The van der Waals surface area contributed by atoms with Gasteiger partial charge >= 0.3 is 0 Å². The average molecular weight is 312 g/mol. The SMILES string of the molecule is N#Cc1ccccc1S(=O)(=O)N1CCC(c2ccccc2)C1. The Hall–Kier alpha value is -2.16. The quantitative estimate of drug-likeness (QED) is 0.875. The fraction of sp³-hybridized carbons (Fsp3) is 0.235. The summed E-state index contributed by atoms with van der Waals surface area (Å²) in [5.74, 6) is 0.213. The van der Waals surface area contributed by atoms with Gasteiger partial charge in [0.1, 0.15) is 6.07 Å². The first-order valence-corrected chi connectivity index (χ1v) is 8.61. The molecule has 0 amide bonds. The molecule has 1 saturated heterocycles. The third-order valence-corrected chi connectivity index (χ3v) is 5.97. The number of rotatable bonds is 3. The van der Waals surface area contributed by atoms with E-state index >= 15 is 0 Å². The van der Waals surface area contributed by atoms with Crippen molar-refractivity contribution in [3.63, 3.8) is 0 Å². The minimum Gasteiger partial charge on any atom is -0.207 e. The number of hydrogen-bond acceptors (Lipinski definition) is 3. The number of benzene rings is 2. The maximum Gasteiger partial charge on any atom is 0.244 e. The summed E-state index contributed by atoms with van der Waals surface area (Å²) in [7, 11) is -3.61. The lowest BCUT2D eigenvalue weighted by Gasteiger charge is -2.17. The summed E-state index contributed by atoms with van der Waals surface area (Å²) >= 11 is 0. The molecule has 3 rings (SSSR count). The molecule has 112 valence electrons. The second-order valence-electron chi connectivity index (χ2n) is 5.37. The van der Waals surface area contributed by atoms with Gasteiger partial charge in [0.2, 0.25) is 10.0 Å². The predicted molar refractivity (Wildman–Crippen MR) is 83.7 cm³/mol. The predicted octanol–water partition coefficient (Wildman–Crippen LogP) is 2.74. The normalized spacial score (nSPS) is 19.0. The van der Waals surface area contributed by atoms with Gasteiger partial charge in [0.05, 0.1) is 10.5 Å². The molecule has 4 nitrogen and oxygen atoms in total. The number of hydrogen-bond donors (Lipinski definition) is 0. The zero-order valence-electron chi connectivity index (χ0n) is 12.0. The van der Waals surface area contributed by atoms with E-state index in [9.17, 15) is 8.42 Å². The van der Waals surface area contributed by atoms with E-state index in [1.165, 1.54) is 16.4 Å². The zero-order chi connectivity index (χ0) is 15.6. The van der Waals surface area contributed by atoms with Crippen LogP contribution in [0.2, 0.25) is 0 Å². The van der Waals surface area contributed by atoms with Crippen molar-refractivity contribution in [2.45, 2.75) is 17.2 Å². The summed E-state index contributed by atoms with van der Waals surface area (Å²) in [5.41, 5.74) is 1.36. The molecule has 1 fully saturated rings. The highest BCUT2D eigenvalue weighted by Crippen LogP contribution is 2.31. The van der Waals surface area contributed by atoms with Gasteiger partial charge in [-0.1, -0.05) is 42.5 Å². The second-order valence-corrected chi connectivity index (χ2v) is 7.27. The van der Waals surface area contributed by atoms with Crippen LogP contribution in [0.15, 0.2) is 59.5 Å². The van der Waals surface area contributed by atoms with Crippen molar-refractivity contribution in [3.8, 4) is 6.07 Å². The standard InChI is InChI=1S/C17H16N2O2S/c18-12-15-8-4-5-9-17(15)22(20,21)19-11-10-16(13-19)14-6-2-1-3-7-14/h1-9,16H,10-11,13H2. The van der Waals surface area contributed by atoms with Crippen LogP contribution in [0.25, 0.3) is 0 Å². The third-order valence-electron chi connectivity index (χ3n) is 4.05. The first-order chi connectivity index (χ1) is 10.6. The van der Waals surface area contributed by atoms with Crippen LogP contribution in [0.1, 0.15) is 23.5 Å². The summed E-state index contributed by atoms with van der Waals surface area (Å²) in [6, 6.07) is 18.3. The summed E-state index contributed by atoms with van der Waals surface area (Å²) < 4.78 is 27.0. The monoisotopic (exact) mass is 312 g/mol. The topological polar surface area (TPSA) is 61.2 Å². The molecule has 2 aromatic rings. The van der Waals surface area contributed by atoms with E-state index in [1.807, 2.05) is 36.4 Å². The second kappa shape index (κ2) is 5.91. The van der Waals surface area contributed by atoms with E-state index < -0.39 is 10.0 Å². The fourth-order valence-electron chi connectivity index (χ4n) is 2.87. The third kappa shape index (κ3) is 2.63. The van der Waals surface area contributed by atoms with E-state index in [0.29, 0.717) is 13.1 Å². The van der Waals surface area contributed by atoms with Crippen LogP contribution in [-0.2, 0) is 10.0 Å². The molecule has 0 saturated carbocycles. The average Bonchev–Trinajstić information content (AvgIpc) is 3.06. The first kappa shape index (κ1) is 14.8. The molecule has 0 bridgehead atoms. The van der Waals surface area contributed by atoms with Crippen LogP contribution < -0.4 is 0 Å². The van der Waals surface area contributed by atoms with E-state index in [0.717, 1.165) is 12.0 Å². The van der Waals surface area contributed by atoms with Gasteiger partial charge in [-0.3, -0.25) is 0 Å². The summed E-state index contributed by atoms with van der Waals surface area (Å²) in [6.45, 7) is 0.952. The van der Waals surface area contributed by atoms with E-state index in [1.54, 1.807) is 12.1 Å². The zero-order valence-corrected chi connectivity index (χ0v) is 12.8. The summed E-state index contributed by atoms with van der Waals surface area (Å²) in [6.07, 6.45) is 0.804. The van der Waals surface area contributed by atoms with Gasteiger partial charge in [0, 0.05) is 13.1 Å². The number of nitrogens with zero attached hydrogens (tertiary/aromatic N) is 2. The number of sulfonamides is 1. The number of nitriles is 1. The van der Waals surface area contributed by atoms with Gasteiger partial charge < -0.3 is 0 Å². The van der Waals surface area contributed by atoms with Crippen molar-refractivity contribution >= 4 is 10.0 Å². The van der Waals surface area contributed by atoms with Crippen LogP contribution in [0.5, 0.6) is 0 Å². The molecule has 1 aliphatic heterocycles. The van der Waals surface area contributed by atoms with Crippen molar-refractivity contribution in [2.75, 3.05) is 13.1 Å². The molecule has 0 N–H and O–H groups in total. The maximum atomic E-state index is 12.8. The Morgan fingerprint density at radius 3 is 2.45 bits per heavy atom. The first-order valence-electron chi connectivity index (χ1n) is 7.17. The minimum atomic E-state index is -3.61. The lowest BCUT2D eigenvalue weighted by atomic mass is 9.99. The molecule has 1 atom stereocenters. The van der Waals surface area contributed by atoms with E-state index in [4.69, 9.17) is 5.26 Å². The molecule has 0 aliphatic carbocycles. The Labute approximate surface area is 130 Å². The Kier molecular flexibility index (Phi) is 3.97. The van der Waals surface area contributed by atoms with Crippen molar-refractivity contribution in [1.29, 1.82) is 5.26 Å².